The van der Waals surface area contributed by atoms with Crippen molar-refractivity contribution in [3.63, 3.8) is 0 Å². The summed E-state index contributed by atoms with van der Waals surface area (Å²) < 4.78 is 0. The summed E-state index contributed by atoms with van der Waals surface area (Å²) in [6.45, 7) is 2.49. The van der Waals surface area contributed by atoms with E-state index >= 15 is 0 Å². The molecule has 4 nitrogen and oxygen atoms in total. The molecule has 3 rings (SSSR count). The van der Waals surface area contributed by atoms with Crippen molar-refractivity contribution in [3.8, 4) is 0 Å². The molecule has 1 aliphatic heterocycles. The van der Waals surface area contributed by atoms with Crippen LogP contribution < -0.4 is 5.32 Å². The average Bonchev–Trinajstić information content (AvgIpc) is 2.60. The summed E-state index contributed by atoms with van der Waals surface area (Å²) in [5, 5.41) is 3.02. The molecule has 1 aromatic carbocycles. The number of carbonyl (C=O) groups is 2. The normalized spacial score (nSPS) is 26.2. The molecule has 1 aliphatic carbocycles. The lowest BCUT2D eigenvalue weighted by atomic mass is 9.82. The molecule has 124 valence electrons. The van der Waals surface area contributed by atoms with E-state index in [2.05, 4.69) is 5.32 Å². The fraction of sp³-hybridized carbons (Fsp3) is 0.579. The van der Waals surface area contributed by atoms with E-state index in [1.54, 1.807) is 4.90 Å². The van der Waals surface area contributed by atoms with Crippen molar-refractivity contribution < 1.29 is 9.59 Å². The van der Waals surface area contributed by atoms with E-state index in [9.17, 15) is 9.59 Å². The monoisotopic (exact) mass is 314 g/mol. The zero-order chi connectivity index (χ0) is 16.2. The molecule has 1 N–H and O–H groups in total. The van der Waals surface area contributed by atoms with E-state index in [1.807, 2.05) is 37.3 Å². The van der Waals surface area contributed by atoms with Crippen LogP contribution in [-0.4, -0.2) is 28.8 Å². The number of nitrogens with zero attached hydrogens (tertiary/aromatic N) is 1. The number of carbonyl (C=O) groups excluding carboxylic acids is 2. The summed E-state index contributed by atoms with van der Waals surface area (Å²) in [6.07, 6.45) is 6.33. The lowest BCUT2D eigenvalue weighted by molar-refractivity contribution is -0.152. The molecule has 4 heteroatoms. The highest BCUT2D eigenvalue weighted by Crippen LogP contribution is 2.30. The van der Waals surface area contributed by atoms with Gasteiger partial charge in [-0.15, -0.1) is 0 Å². The van der Waals surface area contributed by atoms with Gasteiger partial charge in [-0.1, -0.05) is 56.5 Å². The third-order valence-corrected chi connectivity index (χ3v) is 5.23. The Bertz CT molecular complexity index is 552. The second-order valence-corrected chi connectivity index (χ2v) is 6.76. The SMILES string of the molecule is CCC1C(=O)NC(C2CCCCC2)C(=O)N1Cc1ccccc1. The van der Waals surface area contributed by atoms with E-state index in [-0.39, 0.29) is 23.9 Å². The second-order valence-electron chi connectivity index (χ2n) is 6.76. The van der Waals surface area contributed by atoms with Crippen LogP contribution >= 0.6 is 0 Å². The maximum absolute atomic E-state index is 13.1. The topological polar surface area (TPSA) is 49.4 Å². The van der Waals surface area contributed by atoms with Crippen LogP contribution in [0, 0.1) is 5.92 Å². The maximum Gasteiger partial charge on any atom is 0.246 e. The standard InChI is InChI=1S/C19H26N2O2/c1-2-16-18(22)20-17(15-11-7-4-8-12-15)19(23)21(16)13-14-9-5-3-6-10-14/h3,5-6,9-10,15-17H,2,4,7-8,11-13H2,1H3,(H,20,22). The molecule has 0 radical (unpaired) electrons. The summed E-state index contributed by atoms with van der Waals surface area (Å²) in [5.41, 5.74) is 1.08. The summed E-state index contributed by atoms with van der Waals surface area (Å²) in [5.74, 6) is 0.419. The molecule has 2 atom stereocenters. The molecule has 23 heavy (non-hydrogen) atoms. The number of hydrogen-bond donors (Lipinski definition) is 1. The van der Waals surface area contributed by atoms with Crippen LogP contribution in [0.5, 0.6) is 0 Å². The Morgan fingerprint density at radius 3 is 2.43 bits per heavy atom. The van der Waals surface area contributed by atoms with Gasteiger partial charge in [-0.25, -0.2) is 0 Å². The molecule has 1 saturated heterocycles. The smallest absolute Gasteiger partial charge is 0.246 e. The minimum absolute atomic E-state index is 0.0126. The number of benzene rings is 1. The van der Waals surface area contributed by atoms with Gasteiger partial charge in [0.25, 0.3) is 0 Å². The molecule has 0 bridgehead atoms. The predicted octanol–water partition coefficient (Wildman–Crippen LogP) is 2.87. The van der Waals surface area contributed by atoms with Crippen LogP contribution in [0.15, 0.2) is 30.3 Å². The number of hydrogen-bond acceptors (Lipinski definition) is 2. The van der Waals surface area contributed by atoms with E-state index in [0.717, 1.165) is 18.4 Å². The van der Waals surface area contributed by atoms with Crippen LogP contribution in [-0.2, 0) is 16.1 Å². The Balaban J connectivity index is 1.81. The highest BCUT2D eigenvalue weighted by atomic mass is 16.2. The number of rotatable bonds is 4. The van der Waals surface area contributed by atoms with Crippen LogP contribution in [0.4, 0.5) is 0 Å². The molecule has 0 spiro atoms. The van der Waals surface area contributed by atoms with Gasteiger partial charge in [-0.05, 0) is 30.7 Å². The Hall–Kier alpha value is -1.84. The van der Waals surface area contributed by atoms with Gasteiger partial charge in [0.1, 0.15) is 12.1 Å². The van der Waals surface area contributed by atoms with E-state index in [1.165, 1.54) is 19.3 Å². The van der Waals surface area contributed by atoms with E-state index in [4.69, 9.17) is 0 Å². The van der Waals surface area contributed by atoms with Gasteiger partial charge in [0.05, 0.1) is 0 Å². The molecular weight excluding hydrogens is 288 g/mol. The van der Waals surface area contributed by atoms with Crippen molar-refractivity contribution in [2.75, 3.05) is 0 Å². The summed E-state index contributed by atoms with van der Waals surface area (Å²) in [4.78, 5) is 27.4. The fourth-order valence-corrected chi connectivity index (χ4v) is 3.95. The third kappa shape index (κ3) is 3.41. The molecule has 2 amide bonds. The minimum Gasteiger partial charge on any atom is -0.342 e. The number of piperazine rings is 1. The number of nitrogens with one attached hydrogen (secondary N) is 1. The first-order chi connectivity index (χ1) is 11.2. The van der Waals surface area contributed by atoms with Crippen molar-refractivity contribution in [2.45, 2.75) is 64.1 Å². The Morgan fingerprint density at radius 2 is 1.78 bits per heavy atom. The maximum atomic E-state index is 13.1. The molecule has 1 saturated carbocycles. The van der Waals surface area contributed by atoms with Crippen LogP contribution in [0.2, 0.25) is 0 Å². The second kappa shape index (κ2) is 7.16. The minimum atomic E-state index is -0.345. The summed E-state index contributed by atoms with van der Waals surface area (Å²) in [7, 11) is 0. The molecule has 2 fully saturated rings. The Kier molecular flexibility index (Phi) is 4.99. The van der Waals surface area contributed by atoms with Crippen molar-refractivity contribution in [2.24, 2.45) is 5.92 Å². The first-order valence-corrected chi connectivity index (χ1v) is 8.85. The fourth-order valence-electron chi connectivity index (χ4n) is 3.95. The molecule has 2 unspecified atom stereocenters. The molecule has 1 aromatic rings. The van der Waals surface area contributed by atoms with Crippen molar-refractivity contribution in [3.05, 3.63) is 35.9 Å². The first-order valence-electron chi connectivity index (χ1n) is 8.85. The highest BCUT2D eigenvalue weighted by Gasteiger charge is 2.42. The quantitative estimate of drug-likeness (QED) is 0.929. The molecule has 0 aromatic heterocycles. The van der Waals surface area contributed by atoms with Gasteiger partial charge in [0.2, 0.25) is 11.8 Å². The van der Waals surface area contributed by atoms with Gasteiger partial charge < -0.3 is 10.2 Å². The van der Waals surface area contributed by atoms with Gasteiger partial charge in [-0.3, -0.25) is 9.59 Å². The van der Waals surface area contributed by atoms with Crippen molar-refractivity contribution >= 4 is 11.8 Å². The van der Waals surface area contributed by atoms with Crippen molar-refractivity contribution in [1.82, 2.24) is 10.2 Å². The molecular formula is C19H26N2O2. The van der Waals surface area contributed by atoms with Crippen molar-refractivity contribution in [1.29, 1.82) is 0 Å². The number of amides is 2. The predicted molar refractivity (Wildman–Crippen MR) is 89.6 cm³/mol. The van der Waals surface area contributed by atoms with Gasteiger partial charge >= 0.3 is 0 Å². The molecule has 1 heterocycles. The van der Waals surface area contributed by atoms with Crippen LogP contribution in [0.1, 0.15) is 51.0 Å². The van der Waals surface area contributed by atoms with Gasteiger partial charge in [0.15, 0.2) is 0 Å². The van der Waals surface area contributed by atoms with E-state index < -0.39 is 0 Å². The average molecular weight is 314 g/mol. The van der Waals surface area contributed by atoms with E-state index in [0.29, 0.717) is 18.9 Å². The van der Waals surface area contributed by atoms with Crippen LogP contribution in [0.25, 0.3) is 0 Å². The lowest BCUT2D eigenvalue weighted by Crippen LogP contribution is -2.64. The largest absolute Gasteiger partial charge is 0.342 e. The summed E-state index contributed by atoms with van der Waals surface area (Å²) >= 11 is 0. The zero-order valence-corrected chi connectivity index (χ0v) is 13.8. The van der Waals surface area contributed by atoms with Gasteiger partial charge in [-0.2, -0.15) is 0 Å². The Labute approximate surface area is 138 Å². The van der Waals surface area contributed by atoms with Crippen LogP contribution in [0.3, 0.4) is 0 Å². The van der Waals surface area contributed by atoms with Gasteiger partial charge in [0, 0.05) is 6.54 Å². The Morgan fingerprint density at radius 1 is 1.09 bits per heavy atom. The summed E-state index contributed by atoms with van der Waals surface area (Å²) in [6, 6.07) is 9.28. The highest BCUT2D eigenvalue weighted by molar-refractivity contribution is 5.97. The first kappa shape index (κ1) is 16.0. The molecule has 2 aliphatic rings. The third-order valence-electron chi connectivity index (χ3n) is 5.23. The lowest BCUT2D eigenvalue weighted by Gasteiger charge is -2.42. The zero-order valence-electron chi connectivity index (χ0n) is 13.8.